The highest BCUT2D eigenvalue weighted by molar-refractivity contribution is 7.14. The summed E-state index contributed by atoms with van der Waals surface area (Å²) in [6, 6.07) is 9.15. The summed E-state index contributed by atoms with van der Waals surface area (Å²) in [4.78, 5) is 14.0. The van der Waals surface area contributed by atoms with E-state index in [2.05, 4.69) is 62.0 Å². The summed E-state index contributed by atoms with van der Waals surface area (Å²) in [6.45, 7) is 7.50. The molecule has 0 atom stereocenters. The van der Waals surface area contributed by atoms with Crippen LogP contribution in [0.4, 0.5) is 10.8 Å². The third-order valence-corrected chi connectivity index (χ3v) is 7.18. The largest absolute Gasteiger partial charge is 0.363 e. The lowest BCUT2D eigenvalue weighted by atomic mass is 9.99. The summed E-state index contributed by atoms with van der Waals surface area (Å²) >= 11 is 1.83. The molecule has 2 aromatic rings. The van der Waals surface area contributed by atoms with Crippen molar-refractivity contribution in [3.05, 3.63) is 41.4 Å². The SMILES string of the molecule is CN=C(NCc1ccc(N2CCC(C)CC2)nc1)NC1CCN(c2cccs2)CC1. The maximum Gasteiger partial charge on any atom is 0.191 e. The van der Waals surface area contributed by atoms with Crippen LogP contribution in [0, 0.1) is 5.92 Å². The molecule has 2 fully saturated rings. The number of rotatable bonds is 5. The molecule has 2 aliphatic rings. The van der Waals surface area contributed by atoms with E-state index in [1.807, 2.05) is 24.6 Å². The van der Waals surface area contributed by atoms with E-state index >= 15 is 0 Å². The van der Waals surface area contributed by atoms with Gasteiger partial charge in [0.25, 0.3) is 0 Å². The fourth-order valence-electron chi connectivity index (χ4n) is 4.21. The zero-order chi connectivity index (χ0) is 20.8. The monoisotopic (exact) mass is 426 g/mol. The van der Waals surface area contributed by atoms with Gasteiger partial charge in [-0.3, -0.25) is 4.99 Å². The van der Waals surface area contributed by atoms with Gasteiger partial charge in [-0.1, -0.05) is 13.0 Å². The van der Waals surface area contributed by atoms with Gasteiger partial charge >= 0.3 is 0 Å². The van der Waals surface area contributed by atoms with Crippen LogP contribution in [-0.2, 0) is 6.54 Å². The van der Waals surface area contributed by atoms with Crippen molar-refractivity contribution in [1.29, 1.82) is 0 Å². The maximum atomic E-state index is 4.70. The Hall–Kier alpha value is -2.28. The molecule has 0 amide bonds. The quantitative estimate of drug-likeness (QED) is 0.564. The van der Waals surface area contributed by atoms with Crippen LogP contribution in [0.5, 0.6) is 0 Å². The number of piperidine rings is 2. The highest BCUT2D eigenvalue weighted by atomic mass is 32.1. The number of guanidine groups is 1. The first-order valence-electron chi connectivity index (χ1n) is 11.2. The van der Waals surface area contributed by atoms with Crippen molar-refractivity contribution in [3.63, 3.8) is 0 Å². The van der Waals surface area contributed by atoms with Gasteiger partial charge in [0.1, 0.15) is 5.82 Å². The highest BCUT2D eigenvalue weighted by Gasteiger charge is 2.21. The molecular weight excluding hydrogens is 392 g/mol. The Morgan fingerprint density at radius 3 is 2.50 bits per heavy atom. The minimum atomic E-state index is 0.467. The number of anilines is 2. The van der Waals surface area contributed by atoms with Crippen LogP contribution >= 0.6 is 11.3 Å². The Labute approximate surface area is 184 Å². The standard InChI is InChI=1S/C23H34N6S/c1-18-7-11-28(12-8-18)21-6-5-19(16-25-21)17-26-23(24-2)27-20-9-13-29(14-10-20)22-4-3-15-30-22/h3-6,15-16,18,20H,7-14,17H2,1-2H3,(H2,24,26,27). The molecule has 7 heteroatoms. The molecule has 0 radical (unpaired) electrons. The van der Waals surface area contributed by atoms with Gasteiger partial charge in [0.15, 0.2) is 5.96 Å². The molecule has 2 saturated heterocycles. The third kappa shape index (κ3) is 5.45. The number of nitrogens with one attached hydrogen (secondary N) is 2. The first-order valence-corrected chi connectivity index (χ1v) is 12.0. The molecule has 162 valence electrons. The van der Waals surface area contributed by atoms with Crippen LogP contribution < -0.4 is 20.4 Å². The van der Waals surface area contributed by atoms with Crippen molar-refractivity contribution >= 4 is 28.1 Å². The van der Waals surface area contributed by atoms with Gasteiger partial charge in [0.05, 0.1) is 5.00 Å². The number of pyridine rings is 1. The van der Waals surface area contributed by atoms with Gasteiger partial charge in [-0.05, 0) is 60.7 Å². The van der Waals surface area contributed by atoms with Gasteiger partial charge in [0, 0.05) is 52.0 Å². The van der Waals surface area contributed by atoms with Gasteiger partial charge < -0.3 is 20.4 Å². The van der Waals surface area contributed by atoms with Crippen LogP contribution in [-0.4, -0.2) is 50.2 Å². The lowest BCUT2D eigenvalue weighted by Gasteiger charge is -2.33. The smallest absolute Gasteiger partial charge is 0.191 e. The lowest BCUT2D eigenvalue weighted by Crippen LogP contribution is -2.48. The topological polar surface area (TPSA) is 55.8 Å². The summed E-state index contributed by atoms with van der Waals surface area (Å²) in [5, 5.41) is 10.6. The fourth-order valence-corrected chi connectivity index (χ4v) is 5.00. The number of nitrogens with zero attached hydrogens (tertiary/aromatic N) is 4. The van der Waals surface area contributed by atoms with Gasteiger partial charge in [0.2, 0.25) is 0 Å². The van der Waals surface area contributed by atoms with E-state index in [4.69, 9.17) is 4.98 Å². The molecule has 0 aromatic carbocycles. The molecular formula is C23H34N6S. The lowest BCUT2D eigenvalue weighted by molar-refractivity contribution is 0.436. The van der Waals surface area contributed by atoms with Crippen molar-refractivity contribution in [3.8, 4) is 0 Å². The molecule has 2 aliphatic heterocycles. The van der Waals surface area contributed by atoms with Crippen molar-refractivity contribution in [1.82, 2.24) is 15.6 Å². The third-order valence-electron chi connectivity index (χ3n) is 6.25. The van der Waals surface area contributed by atoms with E-state index < -0.39 is 0 Å². The molecule has 0 aliphatic carbocycles. The molecule has 2 N–H and O–H groups in total. The van der Waals surface area contributed by atoms with E-state index in [1.54, 1.807) is 0 Å². The van der Waals surface area contributed by atoms with Crippen molar-refractivity contribution in [2.45, 2.75) is 45.2 Å². The van der Waals surface area contributed by atoms with Gasteiger partial charge in [-0.15, -0.1) is 11.3 Å². The molecule has 0 unspecified atom stereocenters. The summed E-state index contributed by atoms with van der Waals surface area (Å²) in [5.74, 6) is 2.82. The Balaban J connectivity index is 1.22. The summed E-state index contributed by atoms with van der Waals surface area (Å²) in [7, 11) is 1.84. The number of aromatic nitrogens is 1. The number of aliphatic imine (C=N–C) groups is 1. The Morgan fingerprint density at radius 2 is 1.87 bits per heavy atom. The van der Waals surface area contributed by atoms with Crippen LogP contribution in [0.15, 0.2) is 40.8 Å². The van der Waals surface area contributed by atoms with Crippen molar-refractivity contribution in [2.75, 3.05) is 43.0 Å². The highest BCUT2D eigenvalue weighted by Crippen LogP contribution is 2.25. The predicted molar refractivity (Wildman–Crippen MR) is 128 cm³/mol. The zero-order valence-corrected chi connectivity index (χ0v) is 19.0. The molecule has 2 aromatic heterocycles. The van der Waals surface area contributed by atoms with E-state index in [-0.39, 0.29) is 0 Å². The fraction of sp³-hybridized carbons (Fsp3) is 0.565. The second-order valence-electron chi connectivity index (χ2n) is 8.48. The number of hydrogen-bond acceptors (Lipinski definition) is 5. The van der Waals surface area contributed by atoms with Crippen LogP contribution in [0.3, 0.4) is 0 Å². The van der Waals surface area contributed by atoms with E-state index in [9.17, 15) is 0 Å². The Kier molecular flexibility index (Phi) is 7.10. The summed E-state index contributed by atoms with van der Waals surface area (Å²) in [5.41, 5.74) is 1.18. The average Bonchev–Trinajstić information content (AvgIpc) is 3.33. The molecule has 0 spiro atoms. The second kappa shape index (κ2) is 10.2. The van der Waals surface area contributed by atoms with Crippen molar-refractivity contribution < 1.29 is 0 Å². The molecule has 0 bridgehead atoms. The minimum Gasteiger partial charge on any atom is -0.363 e. The molecule has 0 saturated carbocycles. The van der Waals surface area contributed by atoms with Crippen molar-refractivity contribution in [2.24, 2.45) is 10.9 Å². The Morgan fingerprint density at radius 1 is 1.10 bits per heavy atom. The second-order valence-corrected chi connectivity index (χ2v) is 9.40. The van der Waals surface area contributed by atoms with E-state index in [0.717, 1.165) is 63.3 Å². The van der Waals surface area contributed by atoms with E-state index in [1.165, 1.54) is 23.4 Å². The predicted octanol–water partition coefficient (Wildman–Crippen LogP) is 3.71. The summed E-state index contributed by atoms with van der Waals surface area (Å²) in [6.07, 6.45) is 6.78. The molecule has 6 nitrogen and oxygen atoms in total. The maximum absolute atomic E-state index is 4.70. The number of thiophene rings is 1. The van der Waals surface area contributed by atoms with Crippen LogP contribution in [0.2, 0.25) is 0 Å². The zero-order valence-electron chi connectivity index (χ0n) is 18.2. The van der Waals surface area contributed by atoms with Crippen LogP contribution in [0.1, 0.15) is 38.2 Å². The first kappa shape index (κ1) is 21.0. The summed E-state index contributed by atoms with van der Waals surface area (Å²) < 4.78 is 0. The normalized spacial score (nSPS) is 19.2. The first-order chi connectivity index (χ1) is 14.7. The minimum absolute atomic E-state index is 0.467. The van der Waals surface area contributed by atoms with Crippen LogP contribution in [0.25, 0.3) is 0 Å². The molecule has 4 heterocycles. The van der Waals surface area contributed by atoms with Gasteiger partial charge in [-0.25, -0.2) is 4.98 Å². The molecule has 30 heavy (non-hydrogen) atoms. The molecule has 4 rings (SSSR count). The number of hydrogen-bond donors (Lipinski definition) is 2. The average molecular weight is 427 g/mol. The van der Waals surface area contributed by atoms with E-state index in [0.29, 0.717) is 6.04 Å². The Bertz CT molecular complexity index is 788. The van der Waals surface area contributed by atoms with Gasteiger partial charge in [-0.2, -0.15) is 0 Å².